The summed E-state index contributed by atoms with van der Waals surface area (Å²) in [6.45, 7) is 3.16. The number of nitrogens with one attached hydrogen (secondary N) is 1. The molecule has 0 saturated carbocycles. The summed E-state index contributed by atoms with van der Waals surface area (Å²) in [6.07, 6.45) is 2.67. The Balaban J connectivity index is 1.90. The van der Waals surface area contributed by atoms with Crippen LogP contribution in [0.1, 0.15) is 18.4 Å². The Morgan fingerprint density at radius 2 is 2.12 bits per heavy atom. The maximum absolute atomic E-state index is 5.94. The van der Waals surface area contributed by atoms with Crippen LogP contribution in [0.15, 0.2) is 18.2 Å². The summed E-state index contributed by atoms with van der Waals surface area (Å²) in [5, 5.41) is 3.49. The fourth-order valence-electron chi connectivity index (χ4n) is 2.03. The van der Waals surface area contributed by atoms with Crippen LogP contribution in [-0.2, 0) is 0 Å². The summed E-state index contributed by atoms with van der Waals surface area (Å²) in [7, 11) is 0. The van der Waals surface area contributed by atoms with E-state index in [1.54, 1.807) is 0 Å². The summed E-state index contributed by atoms with van der Waals surface area (Å²) >= 11 is 2.07. The van der Waals surface area contributed by atoms with E-state index in [0.717, 1.165) is 23.8 Å². The molecule has 1 aromatic carbocycles. The van der Waals surface area contributed by atoms with Crippen molar-refractivity contribution in [2.75, 3.05) is 29.1 Å². The van der Waals surface area contributed by atoms with Crippen molar-refractivity contribution in [2.45, 2.75) is 19.8 Å². The van der Waals surface area contributed by atoms with Gasteiger partial charge in [0, 0.05) is 6.54 Å². The molecule has 1 saturated heterocycles. The molecule has 2 nitrogen and oxygen atoms in total. The molecule has 0 bridgehead atoms. The van der Waals surface area contributed by atoms with E-state index < -0.39 is 0 Å². The minimum absolute atomic E-state index is 0.821. The van der Waals surface area contributed by atoms with Crippen molar-refractivity contribution < 1.29 is 0 Å². The highest BCUT2D eigenvalue weighted by Gasteiger charge is 2.13. The molecule has 1 heterocycles. The second kappa shape index (κ2) is 5.48. The first kappa shape index (κ1) is 11.6. The van der Waals surface area contributed by atoms with Crippen LogP contribution in [0.2, 0.25) is 0 Å². The zero-order valence-electron chi connectivity index (χ0n) is 9.83. The molecule has 1 fully saturated rings. The summed E-state index contributed by atoms with van der Waals surface area (Å²) in [5.74, 6) is 3.45. The largest absolute Gasteiger partial charge is 0.397 e. The van der Waals surface area contributed by atoms with Crippen molar-refractivity contribution in [3.8, 4) is 0 Å². The van der Waals surface area contributed by atoms with Crippen LogP contribution >= 0.6 is 11.8 Å². The van der Waals surface area contributed by atoms with E-state index in [1.165, 1.54) is 29.9 Å². The number of anilines is 2. The van der Waals surface area contributed by atoms with Crippen LogP contribution < -0.4 is 11.1 Å². The molecule has 3 N–H and O–H groups in total. The summed E-state index contributed by atoms with van der Waals surface area (Å²) < 4.78 is 0. The highest BCUT2D eigenvalue weighted by molar-refractivity contribution is 7.99. The van der Waals surface area contributed by atoms with Crippen LogP contribution in [0.5, 0.6) is 0 Å². The monoisotopic (exact) mass is 236 g/mol. The number of hydrogen-bond donors (Lipinski definition) is 2. The van der Waals surface area contributed by atoms with Crippen molar-refractivity contribution in [3.63, 3.8) is 0 Å². The standard InChI is InChI=1S/C13H20N2S/c1-10-2-3-12(14)13(8-10)15-9-11-4-6-16-7-5-11/h2-3,8,11,15H,4-7,9,14H2,1H3. The molecule has 0 aliphatic carbocycles. The van der Waals surface area contributed by atoms with Gasteiger partial charge in [-0.2, -0.15) is 11.8 Å². The maximum Gasteiger partial charge on any atom is 0.0576 e. The lowest BCUT2D eigenvalue weighted by molar-refractivity contribution is 0.516. The van der Waals surface area contributed by atoms with E-state index in [2.05, 4.69) is 36.1 Å². The van der Waals surface area contributed by atoms with E-state index in [4.69, 9.17) is 5.73 Å². The van der Waals surface area contributed by atoms with Crippen molar-refractivity contribution in [1.82, 2.24) is 0 Å². The van der Waals surface area contributed by atoms with Gasteiger partial charge in [-0.15, -0.1) is 0 Å². The molecule has 1 aliphatic heterocycles. The predicted molar refractivity (Wildman–Crippen MR) is 74.1 cm³/mol. The van der Waals surface area contributed by atoms with Gasteiger partial charge >= 0.3 is 0 Å². The number of nitrogen functional groups attached to an aromatic ring is 1. The first-order valence-corrected chi connectivity index (χ1v) is 7.09. The Hall–Kier alpha value is -0.830. The van der Waals surface area contributed by atoms with E-state index in [9.17, 15) is 0 Å². The molecule has 2 rings (SSSR count). The van der Waals surface area contributed by atoms with Crippen LogP contribution in [-0.4, -0.2) is 18.1 Å². The molecule has 1 aliphatic rings. The van der Waals surface area contributed by atoms with Crippen LogP contribution in [0.3, 0.4) is 0 Å². The van der Waals surface area contributed by atoms with Crippen molar-refractivity contribution >= 4 is 23.1 Å². The lowest BCUT2D eigenvalue weighted by Gasteiger charge is -2.22. The molecule has 0 atom stereocenters. The SMILES string of the molecule is Cc1ccc(N)c(NCC2CCSCC2)c1. The van der Waals surface area contributed by atoms with Crippen molar-refractivity contribution in [1.29, 1.82) is 0 Å². The molecule has 88 valence electrons. The normalized spacial score (nSPS) is 17.3. The van der Waals surface area contributed by atoms with Gasteiger partial charge in [0.05, 0.1) is 11.4 Å². The zero-order valence-corrected chi connectivity index (χ0v) is 10.6. The van der Waals surface area contributed by atoms with Gasteiger partial charge in [0.1, 0.15) is 0 Å². The van der Waals surface area contributed by atoms with Crippen molar-refractivity contribution in [2.24, 2.45) is 5.92 Å². The Kier molecular flexibility index (Phi) is 3.99. The fourth-order valence-corrected chi connectivity index (χ4v) is 3.23. The van der Waals surface area contributed by atoms with E-state index >= 15 is 0 Å². The van der Waals surface area contributed by atoms with Gasteiger partial charge in [0.15, 0.2) is 0 Å². The lowest BCUT2D eigenvalue weighted by Crippen LogP contribution is -2.19. The fraction of sp³-hybridized carbons (Fsp3) is 0.538. The molecule has 0 radical (unpaired) electrons. The summed E-state index contributed by atoms with van der Waals surface area (Å²) in [5.41, 5.74) is 9.15. The van der Waals surface area contributed by atoms with Gasteiger partial charge in [0.2, 0.25) is 0 Å². The zero-order chi connectivity index (χ0) is 11.4. The second-order valence-electron chi connectivity index (χ2n) is 4.53. The molecule has 0 amide bonds. The third-order valence-corrected chi connectivity index (χ3v) is 4.18. The van der Waals surface area contributed by atoms with E-state index in [-0.39, 0.29) is 0 Å². The third kappa shape index (κ3) is 3.08. The lowest BCUT2D eigenvalue weighted by atomic mass is 10.0. The average Bonchev–Trinajstić information content (AvgIpc) is 2.32. The Morgan fingerprint density at radius 3 is 2.88 bits per heavy atom. The highest BCUT2D eigenvalue weighted by Crippen LogP contribution is 2.25. The minimum atomic E-state index is 0.821. The summed E-state index contributed by atoms with van der Waals surface area (Å²) in [4.78, 5) is 0. The number of nitrogens with two attached hydrogens (primary N) is 1. The Morgan fingerprint density at radius 1 is 1.38 bits per heavy atom. The molecule has 3 heteroatoms. The molecule has 1 aromatic rings. The van der Waals surface area contributed by atoms with Gasteiger partial charge < -0.3 is 11.1 Å². The topological polar surface area (TPSA) is 38.0 Å². The number of hydrogen-bond acceptors (Lipinski definition) is 3. The summed E-state index contributed by atoms with van der Waals surface area (Å²) in [6, 6.07) is 6.17. The third-order valence-electron chi connectivity index (χ3n) is 3.13. The smallest absolute Gasteiger partial charge is 0.0576 e. The number of rotatable bonds is 3. The number of thioether (sulfide) groups is 1. The first-order chi connectivity index (χ1) is 7.75. The highest BCUT2D eigenvalue weighted by atomic mass is 32.2. The molecular formula is C13H20N2S. The number of benzene rings is 1. The van der Waals surface area contributed by atoms with Gasteiger partial charge in [-0.05, 0) is 54.9 Å². The van der Waals surface area contributed by atoms with Gasteiger partial charge in [0.25, 0.3) is 0 Å². The van der Waals surface area contributed by atoms with Crippen LogP contribution in [0.25, 0.3) is 0 Å². The Labute approximate surface area is 102 Å². The van der Waals surface area contributed by atoms with Crippen LogP contribution in [0, 0.1) is 12.8 Å². The molecule has 0 spiro atoms. The Bertz CT molecular complexity index is 346. The predicted octanol–water partition coefficient (Wildman–Crippen LogP) is 3.13. The minimum Gasteiger partial charge on any atom is -0.397 e. The van der Waals surface area contributed by atoms with Gasteiger partial charge in [-0.1, -0.05) is 6.07 Å². The molecule has 0 unspecified atom stereocenters. The molecule has 0 aromatic heterocycles. The maximum atomic E-state index is 5.94. The van der Waals surface area contributed by atoms with Gasteiger partial charge in [-0.25, -0.2) is 0 Å². The molecular weight excluding hydrogens is 216 g/mol. The van der Waals surface area contributed by atoms with E-state index in [0.29, 0.717) is 0 Å². The average molecular weight is 236 g/mol. The second-order valence-corrected chi connectivity index (χ2v) is 5.75. The number of aryl methyl sites for hydroxylation is 1. The molecule has 16 heavy (non-hydrogen) atoms. The first-order valence-electron chi connectivity index (χ1n) is 5.93. The van der Waals surface area contributed by atoms with E-state index in [1.807, 2.05) is 6.07 Å². The quantitative estimate of drug-likeness (QED) is 0.792. The van der Waals surface area contributed by atoms with Crippen molar-refractivity contribution in [3.05, 3.63) is 23.8 Å². The van der Waals surface area contributed by atoms with Crippen LogP contribution in [0.4, 0.5) is 11.4 Å². The van der Waals surface area contributed by atoms with Gasteiger partial charge in [-0.3, -0.25) is 0 Å².